The second-order valence-corrected chi connectivity index (χ2v) is 3.67. The van der Waals surface area contributed by atoms with E-state index in [-0.39, 0.29) is 12.4 Å². The predicted octanol–water partition coefficient (Wildman–Crippen LogP) is 1.73. The molecule has 1 aromatic heterocycles. The minimum atomic E-state index is -0.352. The summed E-state index contributed by atoms with van der Waals surface area (Å²) >= 11 is 0. The summed E-state index contributed by atoms with van der Waals surface area (Å²) in [5.41, 5.74) is 1.10. The Labute approximate surface area is 98.3 Å². The molecule has 0 radical (unpaired) electrons. The SMILES string of the molecule is COc1ccc(F)cc1-c1nc(CO)cn1C. The highest BCUT2D eigenvalue weighted by Crippen LogP contribution is 2.29. The maximum Gasteiger partial charge on any atom is 0.143 e. The van der Waals surface area contributed by atoms with Gasteiger partial charge in [0.15, 0.2) is 0 Å². The van der Waals surface area contributed by atoms with Crippen LogP contribution in [0.15, 0.2) is 24.4 Å². The van der Waals surface area contributed by atoms with Crippen LogP contribution in [0.2, 0.25) is 0 Å². The lowest BCUT2D eigenvalue weighted by Gasteiger charge is -2.08. The molecular formula is C12H13FN2O2. The molecule has 90 valence electrons. The zero-order chi connectivity index (χ0) is 12.4. The molecule has 0 unspecified atom stereocenters. The van der Waals surface area contributed by atoms with E-state index in [1.807, 2.05) is 0 Å². The van der Waals surface area contributed by atoms with Crippen molar-refractivity contribution in [3.63, 3.8) is 0 Å². The molecule has 1 aromatic carbocycles. The number of methoxy groups -OCH3 is 1. The second kappa shape index (κ2) is 4.55. The molecule has 5 heteroatoms. The predicted molar refractivity (Wildman–Crippen MR) is 61.1 cm³/mol. The lowest BCUT2D eigenvalue weighted by molar-refractivity contribution is 0.277. The number of ether oxygens (including phenoxy) is 1. The zero-order valence-electron chi connectivity index (χ0n) is 9.64. The smallest absolute Gasteiger partial charge is 0.143 e. The zero-order valence-corrected chi connectivity index (χ0v) is 9.64. The largest absolute Gasteiger partial charge is 0.496 e. The van der Waals surface area contributed by atoms with E-state index in [0.717, 1.165) is 0 Å². The first-order valence-corrected chi connectivity index (χ1v) is 5.12. The van der Waals surface area contributed by atoms with Crippen LogP contribution in [0.5, 0.6) is 5.75 Å². The average molecular weight is 236 g/mol. The Hall–Kier alpha value is -1.88. The van der Waals surface area contributed by atoms with Gasteiger partial charge in [0.05, 0.1) is 25.0 Å². The van der Waals surface area contributed by atoms with E-state index >= 15 is 0 Å². The average Bonchev–Trinajstić information content (AvgIpc) is 2.70. The number of aliphatic hydroxyl groups is 1. The minimum Gasteiger partial charge on any atom is -0.496 e. The van der Waals surface area contributed by atoms with Crippen molar-refractivity contribution in [1.29, 1.82) is 0 Å². The second-order valence-electron chi connectivity index (χ2n) is 3.67. The summed E-state index contributed by atoms with van der Waals surface area (Å²) in [7, 11) is 3.30. The Morgan fingerprint density at radius 3 is 2.82 bits per heavy atom. The van der Waals surface area contributed by atoms with Crippen LogP contribution in [0.1, 0.15) is 5.69 Å². The maximum atomic E-state index is 13.2. The van der Waals surface area contributed by atoms with Gasteiger partial charge in [-0.2, -0.15) is 0 Å². The number of aryl methyl sites for hydroxylation is 1. The summed E-state index contributed by atoms with van der Waals surface area (Å²) in [5.74, 6) is 0.754. The molecule has 17 heavy (non-hydrogen) atoms. The van der Waals surface area contributed by atoms with Crippen LogP contribution in [0.3, 0.4) is 0 Å². The van der Waals surface area contributed by atoms with E-state index in [4.69, 9.17) is 9.84 Å². The summed E-state index contributed by atoms with van der Waals surface area (Å²) in [6.07, 6.45) is 1.69. The van der Waals surface area contributed by atoms with Gasteiger partial charge in [-0.05, 0) is 18.2 Å². The highest BCUT2D eigenvalue weighted by Gasteiger charge is 2.13. The minimum absolute atomic E-state index is 0.147. The van der Waals surface area contributed by atoms with Crippen LogP contribution in [0.25, 0.3) is 11.4 Å². The van der Waals surface area contributed by atoms with E-state index in [1.165, 1.54) is 19.2 Å². The molecule has 1 N–H and O–H groups in total. The van der Waals surface area contributed by atoms with Crippen LogP contribution in [0.4, 0.5) is 4.39 Å². The third kappa shape index (κ3) is 2.14. The van der Waals surface area contributed by atoms with Gasteiger partial charge in [0.1, 0.15) is 17.4 Å². The standard InChI is InChI=1S/C12H13FN2O2/c1-15-6-9(7-16)14-12(15)10-5-8(13)3-4-11(10)17-2/h3-6,16H,7H2,1-2H3. The third-order valence-electron chi connectivity index (χ3n) is 2.49. The number of hydrogen-bond donors (Lipinski definition) is 1. The quantitative estimate of drug-likeness (QED) is 0.882. The van der Waals surface area contributed by atoms with Gasteiger partial charge < -0.3 is 14.4 Å². The van der Waals surface area contributed by atoms with Crippen molar-refractivity contribution >= 4 is 0 Å². The Morgan fingerprint density at radius 1 is 1.47 bits per heavy atom. The molecule has 1 heterocycles. The van der Waals surface area contributed by atoms with Gasteiger partial charge >= 0.3 is 0 Å². The lowest BCUT2D eigenvalue weighted by Crippen LogP contribution is -1.95. The molecule has 0 aliphatic carbocycles. The molecule has 2 rings (SSSR count). The fourth-order valence-corrected chi connectivity index (χ4v) is 1.71. The van der Waals surface area contributed by atoms with Crippen LogP contribution >= 0.6 is 0 Å². The molecule has 0 spiro atoms. The van der Waals surface area contributed by atoms with Crippen molar-refractivity contribution in [1.82, 2.24) is 9.55 Å². The Morgan fingerprint density at radius 2 is 2.24 bits per heavy atom. The molecule has 0 bridgehead atoms. The summed E-state index contributed by atoms with van der Waals surface area (Å²) in [6, 6.07) is 4.25. The van der Waals surface area contributed by atoms with Gasteiger partial charge in [0, 0.05) is 13.2 Å². The number of rotatable bonds is 3. The fraction of sp³-hybridized carbons (Fsp3) is 0.250. The van der Waals surface area contributed by atoms with Gasteiger partial charge in [-0.1, -0.05) is 0 Å². The van der Waals surface area contributed by atoms with E-state index < -0.39 is 0 Å². The number of imidazole rings is 1. The number of nitrogens with zero attached hydrogens (tertiary/aromatic N) is 2. The van der Waals surface area contributed by atoms with E-state index in [9.17, 15) is 4.39 Å². The number of hydrogen-bond acceptors (Lipinski definition) is 3. The van der Waals surface area contributed by atoms with Gasteiger partial charge in [0.25, 0.3) is 0 Å². The molecule has 2 aromatic rings. The summed E-state index contributed by atoms with van der Waals surface area (Å²) in [6.45, 7) is -0.147. The topological polar surface area (TPSA) is 47.3 Å². The molecule has 0 atom stereocenters. The van der Waals surface area contributed by atoms with Crippen molar-refractivity contribution in [2.24, 2.45) is 7.05 Å². The van der Waals surface area contributed by atoms with E-state index in [0.29, 0.717) is 22.8 Å². The molecule has 0 aliphatic heterocycles. The van der Waals surface area contributed by atoms with Crippen molar-refractivity contribution in [2.45, 2.75) is 6.61 Å². The monoisotopic (exact) mass is 236 g/mol. The molecular weight excluding hydrogens is 223 g/mol. The third-order valence-corrected chi connectivity index (χ3v) is 2.49. The summed E-state index contributed by atoms with van der Waals surface area (Å²) < 4.78 is 20.1. The highest BCUT2D eigenvalue weighted by molar-refractivity contribution is 5.65. The van der Waals surface area contributed by atoms with Gasteiger partial charge in [0.2, 0.25) is 0 Å². The maximum absolute atomic E-state index is 13.2. The van der Waals surface area contributed by atoms with E-state index in [2.05, 4.69) is 4.98 Å². The molecule has 0 fully saturated rings. The van der Waals surface area contributed by atoms with Crippen molar-refractivity contribution < 1.29 is 14.2 Å². The van der Waals surface area contributed by atoms with Crippen LogP contribution in [-0.4, -0.2) is 21.8 Å². The molecule has 0 amide bonds. The van der Waals surface area contributed by atoms with Crippen LogP contribution in [-0.2, 0) is 13.7 Å². The van der Waals surface area contributed by atoms with Gasteiger partial charge in [-0.25, -0.2) is 9.37 Å². The van der Waals surface area contributed by atoms with Crippen LogP contribution in [0, 0.1) is 5.82 Å². The summed E-state index contributed by atoms with van der Waals surface area (Å²) in [5, 5.41) is 9.02. The number of benzene rings is 1. The number of aromatic nitrogens is 2. The van der Waals surface area contributed by atoms with Crippen LogP contribution < -0.4 is 4.74 Å². The summed E-state index contributed by atoms with van der Waals surface area (Å²) in [4.78, 5) is 4.21. The normalized spacial score (nSPS) is 10.6. The Bertz CT molecular complexity index is 537. The fourth-order valence-electron chi connectivity index (χ4n) is 1.71. The molecule has 0 saturated heterocycles. The van der Waals surface area contributed by atoms with E-state index in [1.54, 1.807) is 23.9 Å². The van der Waals surface area contributed by atoms with Gasteiger partial charge in [-0.3, -0.25) is 0 Å². The van der Waals surface area contributed by atoms with Crippen molar-refractivity contribution in [3.05, 3.63) is 35.9 Å². The number of halogens is 1. The first-order valence-electron chi connectivity index (χ1n) is 5.12. The molecule has 0 aliphatic rings. The highest BCUT2D eigenvalue weighted by atomic mass is 19.1. The Balaban J connectivity index is 2.58. The first kappa shape index (κ1) is 11.6. The molecule has 4 nitrogen and oxygen atoms in total. The van der Waals surface area contributed by atoms with Crippen molar-refractivity contribution in [3.8, 4) is 17.1 Å². The first-order chi connectivity index (χ1) is 8.15. The van der Waals surface area contributed by atoms with Gasteiger partial charge in [-0.15, -0.1) is 0 Å². The molecule has 0 saturated carbocycles. The number of aliphatic hydroxyl groups excluding tert-OH is 1. The Kier molecular flexibility index (Phi) is 3.10. The lowest BCUT2D eigenvalue weighted by atomic mass is 10.2. The van der Waals surface area contributed by atoms with Crippen molar-refractivity contribution in [2.75, 3.05) is 7.11 Å².